The number of nitrogens with zero attached hydrogens (tertiary/aromatic N) is 2. The number of carbonyl (C=O) groups is 2. The Labute approximate surface area is 203 Å². The summed E-state index contributed by atoms with van der Waals surface area (Å²) in [6, 6.07) is 12.4. The maximum Gasteiger partial charge on any atom is 0.418 e. The first-order valence-electron chi connectivity index (χ1n) is 10.8. The predicted octanol–water partition coefficient (Wildman–Crippen LogP) is 3.51. The number of fused-ring (bicyclic) bond motifs is 1. The van der Waals surface area contributed by atoms with Crippen molar-refractivity contribution in [2.24, 2.45) is 5.41 Å². The highest BCUT2D eigenvalue weighted by Gasteiger charge is 2.36. The molecule has 182 valence electrons. The summed E-state index contributed by atoms with van der Waals surface area (Å²) in [6.07, 6.45) is 5.17. The zero-order valence-corrected chi connectivity index (χ0v) is 20.2. The van der Waals surface area contributed by atoms with Gasteiger partial charge in [0.25, 0.3) is 5.91 Å². The SMILES string of the molecule is CC1(C)Cc2cc(C(=O)NS(C)(=O)=O)ccc2NC1c1cccc(NC(=O)Oc2cnccn2)c1. The van der Waals surface area contributed by atoms with Crippen LogP contribution in [0.15, 0.2) is 61.1 Å². The van der Waals surface area contributed by atoms with Crippen LogP contribution in [0.2, 0.25) is 0 Å². The van der Waals surface area contributed by atoms with Crippen molar-refractivity contribution in [2.75, 3.05) is 16.9 Å². The van der Waals surface area contributed by atoms with Crippen LogP contribution in [-0.4, -0.2) is 36.6 Å². The second-order valence-electron chi connectivity index (χ2n) is 9.00. The summed E-state index contributed by atoms with van der Waals surface area (Å²) in [5.41, 5.74) is 3.29. The number of nitrogens with one attached hydrogen (secondary N) is 3. The Morgan fingerprint density at radius 2 is 1.94 bits per heavy atom. The smallest absolute Gasteiger partial charge is 0.389 e. The lowest BCUT2D eigenvalue weighted by atomic mass is 9.72. The first-order valence-corrected chi connectivity index (χ1v) is 12.7. The molecule has 1 atom stereocenters. The highest BCUT2D eigenvalue weighted by Crippen LogP contribution is 2.45. The molecule has 0 spiro atoms. The first kappa shape index (κ1) is 24.1. The van der Waals surface area contributed by atoms with Gasteiger partial charge < -0.3 is 10.1 Å². The van der Waals surface area contributed by atoms with Crippen molar-refractivity contribution in [3.8, 4) is 5.88 Å². The van der Waals surface area contributed by atoms with Gasteiger partial charge in [-0.3, -0.25) is 15.1 Å². The van der Waals surface area contributed by atoms with Crippen molar-refractivity contribution >= 4 is 33.4 Å². The molecule has 10 nitrogen and oxygen atoms in total. The lowest BCUT2D eigenvalue weighted by molar-refractivity contribution is 0.0981. The summed E-state index contributed by atoms with van der Waals surface area (Å²) in [4.78, 5) is 32.3. The van der Waals surface area contributed by atoms with Gasteiger partial charge in [0.2, 0.25) is 15.9 Å². The lowest BCUT2D eigenvalue weighted by Crippen LogP contribution is -2.35. The Hall–Kier alpha value is -3.99. The van der Waals surface area contributed by atoms with E-state index in [0.29, 0.717) is 12.1 Å². The van der Waals surface area contributed by atoms with Crippen LogP contribution in [0.5, 0.6) is 5.88 Å². The second-order valence-corrected chi connectivity index (χ2v) is 10.8. The topological polar surface area (TPSA) is 139 Å². The Kier molecular flexibility index (Phi) is 6.44. The van der Waals surface area contributed by atoms with Gasteiger partial charge in [0.05, 0.1) is 18.5 Å². The highest BCUT2D eigenvalue weighted by molar-refractivity contribution is 7.89. The molecule has 0 saturated heterocycles. The molecule has 2 heterocycles. The number of ether oxygens (including phenoxy) is 1. The molecule has 0 fully saturated rings. The number of aromatic nitrogens is 2. The molecule has 0 radical (unpaired) electrons. The third kappa shape index (κ3) is 5.93. The monoisotopic (exact) mass is 495 g/mol. The van der Waals surface area contributed by atoms with Crippen molar-refractivity contribution in [1.29, 1.82) is 0 Å². The van der Waals surface area contributed by atoms with E-state index in [-0.39, 0.29) is 22.9 Å². The number of rotatable bonds is 5. The van der Waals surface area contributed by atoms with Gasteiger partial charge in [0.15, 0.2) is 0 Å². The van der Waals surface area contributed by atoms with Gasteiger partial charge in [0.1, 0.15) is 0 Å². The van der Waals surface area contributed by atoms with E-state index in [2.05, 4.69) is 34.4 Å². The third-order valence-corrected chi connectivity index (χ3v) is 6.13. The van der Waals surface area contributed by atoms with Crippen LogP contribution < -0.4 is 20.1 Å². The Morgan fingerprint density at radius 3 is 2.66 bits per heavy atom. The van der Waals surface area contributed by atoms with Crippen LogP contribution in [0, 0.1) is 5.41 Å². The molecular formula is C24H25N5O5S. The van der Waals surface area contributed by atoms with Crippen LogP contribution in [0.4, 0.5) is 16.2 Å². The summed E-state index contributed by atoms with van der Waals surface area (Å²) in [7, 11) is -3.65. The maximum absolute atomic E-state index is 12.3. The van der Waals surface area contributed by atoms with E-state index in [1.807, 2.05) is 22.9 Å². The Balaban J connectivity index is 1.52. The zero-order valence-electron chi connectivity index (χ0n) is 19.4. The molecule has 11 heteroatoms. The van der Waals surface area contributed by atoms with E-state index < -0.39 is 22.0 Å². The third-order valence-electron chi connectivity index (χ3n) is 5.58. The van der Waals surface area contributed by atoms with Crippen LogP contribution in [0.1, 0.15) is 41.4 Å². The zero-order chi connectivity index (χ0) is 25.2. The molecule has 2 aromatic carbocycles. The predicted molar refractivity (Wildman–Crippen MR) is 131 cm³/mol. The minimum absolute atomic E-state index is 0.0940. The molecule has 35 heavy (non-hydrogen) atoms. The fraction of sp³-hybridized carbons (Fsp3) is 0.250. The van der Waals surface area contributed by atoms with Gasteiger partial charge in [-0.15, -0.1) is 0 Å². The molecule has 0 aliphatic carbocycles. The fourth-order valence-electron chi connectivity index (χ4n) is 4.10. The molecule has 3 aromatic rings. The quantitative estimate of drug-likeness (QED) is 0.489. The van der Waals surface area contributed by atoms with E-state index in [9.17, 15) is 18.0 Å². The van der Waals surface area contributed by atoms with E-state index in [1.165, 1.54) is 18.6 Å². The van der Waals surface area contributed by atoms with Gasteiger partial charge in [-0.1, -0.05) is 26.0 Å². The second kappa shape index (κ2) is 9.34. The van der Waals surface area contributed by atoms with Crippen LogP contribution in [0.3, 0.4) is 0 Å². The molecule has 0 bridgehead atoms. The summed E-state index contributed by atoms with van der Waals surface area (Å²) < 4.78 is 30.0. The minimum Gasteiger partial charge on any atom is -0.389 e. The normalized spacial score (nSPS) is 16.4. The van der Waals surface area contributed by atoms with Crippen LogP contribution >= 0.6 is 0 Å². The molecule has 4 rings (SSSR count). The standard InChI is InChI=1S/C24H25N5O5S/c1-24(2)13-17-11-16(22(30)29-35(3,32)33)7-8-19(17)28-21(24)15-5-4-6-18(12-15)27-23(31)34-20-14-25-9-10-26-20/h4-12,14,21,28H,13H2,1-3H3,(H,27,31)(H,29,30). The van der Waals surface area contributed by atoms with Gasteiger partial charge in [-0.2, -0.15) is 0 Å². The van der Waals surface area contributed by atoms with Crippen molar-refractivity contribution in [3.05, 3.63) is 77.7 Å². The van der Waals surface area contributed by atoms with E-state index in [1.54, 1.807) is 24.3 Å². The number of sulfonamides is 1. The van der Waals surface area contributed by atoms with Gasteiger partial charge >= 0.3 is 6.09 Å². The molecule has 1 aliphatic heterocycles. The van der Waals surface area contributed by atoms with Crippen molar-refractivity contribution in [1.82, 2.24) is 14.7 Å². The molecule has 0 saturated carbocycles. The number of benzene rings is 2. The van der Waals surface area contributed by atoms with Gasteiger partial charge in [0, 0.05) is 29.3 Å². The maximum atomic E-state index is 12.3. The molecule has 3 N–H and O–H groups in total. The van der Waals surface area contributed by atoms with E-state index in [0.717, 1.165) is 23.1 Å². The van der Waals surface area contributed by atoms with Crippen molar-refractivity contribution in [3.63, 3.8) is 0 Å². The Morgan fingerprint density at radius 1 is 1.14 bits per heavy atom. The van der Waals surface area contributed by atoms with E-state index in [4.69, 9.17) is 4.74 Å². The molecule has 1 unspecified atom stereocenters. The number of amides is 2. The summed E-state index contributed by atoms with van der Waals surface area (Å²) >= 11 is 0. The molecular weight excluding hydrogens is 470 g/mol. The Bertz CT molecular complexity index is 1380. The van der Waals surface area contributed by atoms with Crippen LogP contribution in [0.25, 0.3) is 0 Å². The first-order chi connectivity index (χ1) is 16.5. The lowest BCUT2D eigenvalue weighted by Gasteiger charge is -2.41. The van der Waals surface area contributed by atoms with Crippen LogP contribution in [-0.2, 0) is 16.4 Å². The number of hydrogen-bond acceptors (Lipinski definition) is 8. The average molecular weight is 496 g/mol. The number of hydrogen-bond donors (Lipinski definition) is 3. The largest absolute Gasteiger partial charge is 0.418 e. The van der Waals surface area contributed by atoms with Gasteiger partial charge in [-0.25, -0.2) is 22.9 Å². The minimum atomic E-state index is -3.65. The number of carbonyl (C=O) groups excluding carboxylic acids is 2. The summed E-state index contributed by atoms with van der Waals surface area (Å²) in [6.45, 7) is 4.19. The van der Waals surface area contributed by atoms with Crippen molar-refractivity contribution in [2.45, 2.75) is 26.3 Å². The molecule has 1 aliphatic rings. The molecule has 2 amide bonds. The van der Waals surface area contributed by atoms with Gasteiger partial charge in [-0.05, 0) is 53.3 Å². The summed E-state index contributed by atoms with van der Waals surface area (Å²) in [5, 5.41) is 6.23. The van der Waals surface area contributed by atoms with Crippen molar-refractivity contribution < 1.29 is 22.7 Å². The average Bonchev–Trinajstić information content (AvgIpc) is 2.77. The fourth-order valence-corrected chi connectivity index (χ4v) is 4.55. The molecule has 1 aromatic heterocycles. The summed E-state index contributed by atoms with van der Waals surface area (Å²) in [5.74, 6) is -0.570. The highest BCUT2D eigenvalue weighted by atomic mass is 32.2. The number of anilines is 2. The van der Waals surface area contributed by atoms with E-state index >= 15 is 0 Å².